The largest absolute Gasteiger partial charge is 0.496 e. The third-order valence-corrected chi connectivity index (χ3v) is 2.63. The first-order chi connectivity index (χ1) is 7.77. The Kier molecular flexibility index (Phi) is 6.45. The van der Waals surface area contributed by atoms with E-state index in [4.69, 9.17) is 14.2 Å². The van der Waals surface area contributed by atoms with Crippen LogP contribution in [0.25, 0.3) is 0 Å². The Labute approximate surface area is 105 Å². The van der Waals surface area contributed by atoms with Crippen LogP contribution in [-0.4, -0.2) is 27.4 Å². The maximum Gasteiger partial charge on any atom is 0.124 e. The fraction of sp³-hybridized carbons (Fsp3) is 0.500. The summed E-state index contributed by atoms with van der Waals surface area (Å²) >= 11 is 3.43. The van der Waals surface area contributed by atoms with Gasteiger partial charge in [-0.3, -0.25) is 0 Å². The lowest BCUT2D eigenvalue weighted by Gasteiger charge is -2.09. The molecule has 0 heterocycles. The Bertz CT molecular complexity index is 315. The van der Waals surface area contributed by atoms with Crippen molar-refractivity contribution < 1.29 is 14.2 Å². The van der Waals surface area contributed by atoms with Crippen molar-refractivity contribution in [3.63, 3.8) is 0 Å². The molecule has 0 aliphatic rings. The molecule has 0 amide bonds. The lowest BCUT2D eigenvalue weighted by Crippen LogP contribution is -2.00. The van der Waals surface area contributed by atoms with Gasteiger partial charge in [0.25, 0.3) is 0 Å². The molecule has 4 heteroatoms. The molecule has 1 aromatic rings. The maximum absolute atomic E-state index is 5.54. The number of benzene rings is 1. The van der Waals surface area contributed by atoms with Gasteiger partial charge < -0.3 is 14.2 Å². The molecule has 16 heavy (non-hydrogen) atoms. The Morgan fingerprint density at radius 1 is 1.19 bits per heavy atom. The van der Waals surface area contributed by atoms with E-state index in [9.17, 15) is 0 Å². The molecule has 0 N–H and O–H groups in total. The molecule has 0 saturated carbocycles. The molecule has 1 aromatic carbocycles. The Balaban J connectivity index is 2.42. The van der Waals surface area contributed by atoms with E-state index in [0.29, 0.717) is 13.2 Å². The zero-order chi connectivity index (χ0) is 11.8. The maximum atomic E-state index is 5.54. The second kappa shape index (κ2) is 7.65. The van der Waals surface area contributed by atoms with Crippen LogP contribution in [0.15, 0.2) is 22.7 Å². The number of halogens is 1. The van der Waals surface area contributed by atoms with Crippen LogP contribution in [0, 0.1) is 0 Å². The van der Waals surface area contributed by atoms with Crippen LogP contribution >= 0.6 is 15.9 Å². The Morgan fingerprint density at radius 3 is 2.69 bits per heavy atom. The molecule has 0 fully saturated rings. The van der Waals surface area contributed by atoms with E-state index in [1.165, 1.54) is 0 Å². The summed E-state index contributed by atoms with van der Waals surface area (Å²) in [7, 11) is 3.36. The molecule has 0 radical (unpaired) electrons. The summed E-state index contributed by atoms with van der Waals surface area (Å²) in [6.45, 7) is 1.99. The van der Waals surface area contributed by atoms with E-state index in [2.05, 4.69) is 15.9 Å². The molecule has 0 spiro atoms. The van der Waals surface area contributed by atoms with Gasteiger partial charge in [-0.1, -0.05) is 15.9 Å². The summed E-state index contributed by atoms with van der Waals surface area (Å²) in [5.41, 5.74) is 1.05. The van der Waals surface area contributed by atoms with Crippen molar-refractivity contribution in [1.29, 1.82) is 0 Å². The summed E-state index contributed by atoms with van der Waals surface area (Å²) in [6.07, 6.45) is 0.910. The molecule has 0 aromatic heterocycles. The average molecular weight is 289 g/mol. The quantitative estimate of drug-likeness (QED) is 0.722. The highest BCUT2D eigenvalue weighted by atomic mass is 79.9. The van der Waals surface area contributed by atoms with Crippen molar-refractivity contribution in [3.8, 4) is 5.75 Å². The van der Waals surface area contributed by atoms with Crippen LogP contribution in [0.1, 0.15) is 12.0 Å². The summed E-state index contributed by atoms with van der Waals surface area (Å²) in [6, 6.07) is 5.89. The Hall–Kier alpha value is -0.580. The van der Waals surface area contributed by atoms with Crippen molar-refractivity contribution >= 4 is 15.9 Å². The monoisotopic (exact) mass is 288 g/mol. The van der Waals surface area contributed by atoms with Gasteiger partial charge in [0.05, 0.1) is 13.7 Å². The van der Waals surface area contributed by atoms with Crippen LogP contribution in [0.3, 0.4) is 0 Å². The van der Waals surface area contributed by atoms with Crippen molar-refractivity contribution in [3.05, 3.63) is 28.2 Å². The number of rotatable bonds is 7. The first kappa shape index (κ1) is 13.5. The average Bonchev–Trinajstić information content (AvgIpc) is 2.29. The van der Waals surface area contributed by atoms with E-state index < -0.39 is 0 Å². The molecular formula is C12H17BrO3. The van der Waals surface area contributed by atoms with E-state index in [-0.39, 0.29) is 0 Å². The molecule has 0 unspecified atom stereocenters. The second-order valence-electron chi connectivity index (χ2n) is 3.36. The smallest absolute Gasteiger partial charge is 0.124 e. The molecule has 90 valence electrons. The van der Waals surface area contributed by atoms with Crippen LogP contribution in [0.4, 0.5) is 0 Å². The summed E-state index contributed by atoms with van der Waals surface area (Å²) in [4.78, 5) is 0. The first-order valence-electron chi connectivity index (χ1n) is 5.17. The molecule has 1 rings (SSSR count). The van der Waals surface area contributed by atoms with Crippen LogP contribution in [0.5, 0.6) is 5.75 Å². The number of methoxy groups -OCH3 is 2. The third-order valence-electron chi connectivity index (χ3n) is 2.14. The first-order valence-corrected chi connectivity index (χ1v) is 5.96. The van der Waals surface area contributed by atoms with Gasteiger partial charge in [0.1, 0.15) is 5.75 Å². The van der Waals surface area contributed by atoms with E-state index in [1.54, 1.807) is 14.2 Å². The van der Waals surface area contributed by atoms with Crippen LogP contribution in [-0.2, 0) is 16.1 Å². The van der Waals surface area contributed by atoms with Gasteiger partial charge in [0.2, 0.25) is 0 Å². The lowest BCUT2D eigenvalue weighted by molar-refractivity contribution is 0.0916. The minimum Gasteiger partial charge on any atom is -0.496 e. The zero-order valence-corrected chi connectivity index (χ0v) is 11.2. The van der Waals surface area contributed by atoms with Crippen molar-refractivity contribution in [2.75, 3.05) is 27.4 Å². The van der Waals surface area contributed by atoms with Gasteiger partial charge in [-0.05, 0) is 24.6 Å². The molecule has 0 saturated heterocycles. The fourth-order valence-electron chi connectivity index (χ4n) is 1.35. The van der Waals surface area contributed by atoms with Gasteiger partial charge in [0.15, 0.2) is 0 Å². The van der Waals surface area contributed by atoms with E-state index >= 15 is 0 Å². The van der Waals surface area contributed by atoms with Crippen LogP contribution < -0.4 is 4.74 Å². The normalized spacial score (nSPS) is 10.4. The predicted octanol–water partition coefficient (Wildman–Crippen LogP) is 3.01. The molecular weight excluding hydrogens is 272 g/mol. The van der Waals surface area contributed by atoms with Crippen LogP contribution in [0.2, 0.25) is 0 Å². The van der Waals surface area contributed by atoms with Gasteiger partial charge >= 0.3 is 0 Å². The van der Waals surface area contributed by atoms with E-state index in [0.717, 1.165) is 28.8 Å². The SMILES string of the molecule is COCCCOCc1cc(Br)ccc1OC. The fourth-order valence-corrected chi connectivity index (χ4v) is 1.76. The zero-order valence-electron chi connectivity index (χ0n) is 9.66. The molecule has 3 nitrogen and oxygen atoms in total. The molecule has 0 aliphatic heterocycles. The molecule has 0 aliphatic carbocycles. The predicted molar refractivity (Wildman–Crippen MR) is 66.8 cm³/mol. The lowest BCUT2D eigenvalue weighted by atomic mass is 10.2. The molecule has 0 bridgehead atoms. The minimum atomic E-state index is 0.562. The summed E-state index contributed by atoms with van der Waals surface area (Å²) in [5, 5.41) is 0. The van der Waals surface area contributed by atoms with Crippen molar-refractivity contribution in [2.24, 2.45) is 0 Å². The number of hydrogen-bond acceptors (Lipinski definition) is 3. The topological polar surface area (TPSA) is 27.7 Å². The third kappa shape index (κ3) is 4.51. The van der Waals surface area contributed by atoms with Gasteiger partial charge in [0, 0.05) is 30.4 Å². The van der Waals surface area contributed by atoms with Gasteiger partial charge in [-0.15, -0.1) is 0 Å². The summed E-state index contributed by atoms with van der Waals surface area (Å²) in [5.74, 6) is 0.856. The second-order valence-corrected chi connectivity index (χ2v) is 4.27. The highest BCUT2D eigenvalue weighted by Crippen LogP contribution is 2.23. The van der Waals surface area contributed by atoms with Gasteiger partial charge in [-0.2, -0.15) is 0 Å². The number of ether oxygens (including phenoxy) is 3. The summed E-state index contributed by atoms with van der Waals surface area (Å²) < 4.78 is 16.8. The highest BCUT2D eigenvalue weighted by Gasteiger charge is 2.03. The van der Waals surface area contributed by atoms with Gasteiger partial charge in [-0.25, -0.2) is 0 Å². The standard InChI is InChI=1S/C12H17BrO3/c1-14-6-3-7-16-9-10-8-11(13)4-5-12(10)15-2/h4-5,8H,3,6-7,9H2,1-2H3. The minimum absolute atomic E-state index is 0.562. The van der Waals surface area contributed by atoms with Crippen molar-refractivity contribution in [1.82, 2.24) is 0 Å². The van der Waals surface area contributed by atoms with Crippen molar-refractivity contribution in [2.45, 2.75) is 13.0 Å². The van der Waals surface area contributed by atoms with E-state index in [1.807, 2.05) is 18.2 Å². The number of hydrogen-bond donors (Lipinski definition) is 0. The molecule has 0 atom stereocenters. The highest BCUT2D eigenvalue weighted by molar-refractivity contribution is 9.10. The Morgan fingerprint density at radius 2 is 2.00 bits per heavy atom.